The van der Waals surface area contributed by atoms with Crippen molar-refractivity contribution in [3.63, 3.8) is 0 Å². The largest absolute Gasteiger partial charge is 0.301 e. The molecule has 1 N–H and O–H groups in total. The highest BCUT2D eigenvalue weighted by Crippen LogP contribution is 2.37. The molecular formula is C36H22N6O10S5. The Bertz CT molecular complexity index is 3400. The van der Waals surface area contributed by atoms with Crippen LogP contribution in [0.5, 0.6) is 0 Å². The van der Waals surface area contributed by atoms with E-state index >= 15 is 0 Å². The molecule has 0 aliphatic rings. The van der Waals surface area contributed by atoms with Gasteiger partial charge in [-0.2, -0.15) is 0 Å². The lowest BCUT2D eigenvalue weighted by atomic mass is 10.2. The van der Waals surface area contributed by atoms with Gasteiger partial charge in [-0.15, -0.1) is 0 Å². The van der Waals surface area contributed by atoms with E-state index in [0.29, 0.717) is 0 Å². The number of sulfone groups is 4. The third-order valence-electron chi connectivity index (χ3n) is 8.51. The number of nitrogens with zero attached hydrogens (tertiary/aromatic N) is 6. The summed E-state index contributed by atoms with van der Waals surface area (Å²) in [5.41, 5.74) is -3.04. The van der Waals surface area contributed by atoms with Crippen molar-refractivity contribution in [2.45, 2.75) is 44.7 Å². The zero-order valence-corrected chi connectivity index (χ0v) is 32.6. The Morgan fingerprint density at radius 2 is 0.702 bits per heavy atom. The van der Waals surface area contributed by atoms with Crippen LogP contribution in [0.15, 0.2) is 172 Å². The van der Waals surface area contributed by atoms with Crippen molar-refractivity contribution in [1.29, 1.82) is 0 Å². The molecule has 3 heterocycles. The second-order valence-electron chi connectivity index (χ2n) is 12.0. The quantitative estimate of drug-likeness (QED) is 0.156. The SMILES string of the molecule is O=S(O)c1nc2c(nc1S(=O)(=O)c1ccccc1)c1nc(S(=O)(=O)c3ccccc3)cnc1c1nc(S(=O)(=O)c3ccccc3)c(S(=O)(=O)c3ccccc3)nc21. The number of benzene rings is 5. The van der Waals surface area contributed by atoms with Crippen LogP contribution in [0, 0.1) is 0 Å². The van der Waals surface area contributed by atoms with Gasteiger partial charge in [-0.05, 0) is 48.5 Å². The Morgan fingerprint density at radius 1 is 0.386 bits per heavy atom. The Labute approximate surface area is 326 Å². The molecule has 1 unspecified atom stereocenters. The van der Waals surface area contributed by atoms with Gasteiger partial charge >= 0.3 is 0 Å². The second-order valence-corrected chi connectivity index (χ2v) is 20.4. The van der Waals surface area contributed by atoms with Crippen molar-refractivity contribution < 1.29 is 42.4 Å². The fourth-order valence-electron chi connectivity index (χ4n) is 5.80. The van der Waals surface area contributed by atoms with Crippen LogP contribution in [0.2, 0.25) is 0 Å². The van der Waals surface area contributed by atoms with Crippen LogP contribution >= 0.6 is 0 Å². The van der Waals surface area contributed by atoms with E-state index in [9.17, 15) is 42.4 Å². The first-order valence-corrected chi connectivity index (χ1v) is 23.2. The maximum absolute atomic E-state index is 14.3. The highest BCUT2D eigenvalue weighted by molar-refractivity contribution is 7.94. The fourth-order valence-corrected chi connectivity index (χ4v) is 12.2. The van der Waals surface area contributed by atoms with Gasteiger partial charge in [0.15, 0.2) is 25.1 Å². The molecule has 8 rings (SSSR count). The van der Waals surface area contributed by atoms with Crippen LogP contribution in [-0.2, 0) is 50.4 Å². The van der Waals surface area contributed by atoms with Crippen LogP contribution in [0.25, 0.3) is 33.1 Å². The van der Waals surface area contributed by atoms with Gasteiger partial charge < -0.3 is 4.55 Å². The molecule has 5 aromatic carbocycles. The third-order valence-corrected chi connectivity index (χ3v) is 16.1. The van der Waals surface area contributed by atoms with E-state index in [2.05, 4.69) is 29.9 Å². The summed E-state index contributed by atoms with van der Waals surface area (Å²) in [5, 5.41) is -4.80. The van der Waals surface area contributed by atoms with Crippen LogP contribution in [0.3, 0.4) is 0 Å². The van der Waals surface area contributed by atoms with E-state index in [1.165, 1.54) is 115 Å². The van der Waals surface area contributed by atoms with E-state index < -0.39 is 103 Å². The molecule has 0 radical (unpaired) electrons. The average Bonchev–Trinajstić information content (AvgIpc) is 3.23. The predicted molar refractivity (Wildman–Crippen MR) is 202 cm³/mol. The van der Waals surface area contributed by atoms with E-state index in [1.54, 1.807) is 6.07 Å². The van der Waals surface area contributed by atoms with Crippen LogP contribution in [0.4, 0.5) is 0 Å². The molecule has 0 fully saturated rings. The minimum atomic E-state index is -4.85. The molecule has 0 aliphatic heterocycles. The maximum Gasteiger partial charge on any atom is 0.226 e. The number of rotatable bonds is 9. The van der Waals surface area contributed by atoms with Gasteiger partial charge in [-0.25, -0.2) is 67.8 Å². The van der Waals surface area contributed by atoms with Crippen LogP contribution < -0.4 is 0 Å². The summed E-state index contributed by atoms with van der Waals surface area (Å²) in [7, 11) is -18.8. The van der Waals surface area contributed by atoms with Crippen molar-refractivity contribution >= 4 is 83.5 Å². The minimum Gasteiger partial charge on any atom is -0.301 e. The Morgan fingerprint density at radius 3 is 1.11 bits per heavy atom. The Balaban J connectivity index is 1.58. The summed E-state index contributed by atoms with van der Waals surface area (Å²) < 4.78 is 136. The van der Waals surface area contributed by atoms with Crippen molar-refractivity contribution in [2.24, 2.45) is 0 Å². The van der Waals surface area contributed by atoms with Gasteiger partial charge in [0.1, 0.15) is 33.1 Å². The molecule has 0 saturated heterocycles. The monoisotopic (exact) mass is 858 g/mol. The number of hydrogen-bond acceptors (Lipinski definition) is 15. The molecule has 286 valence electrons. The molecule has 21 heteroatoms. The molecule has 0 aliphatic carbocycles. The first-order valence-electron chi connectivity index (χ1n) is 16.2. The second kappa shape index (κ2) is 13.9. The van der Waals surface area contributed by atoms with E-state index in [0.717, 1.165) is 6.20 Å². The number of fused-ring (bicyclic) bond motifs is 6. The summed E-state index contributed by atoms with van der Waals surface area (Å²) in [6.45, 7) is 0. The summed E-state index contributed by atoms with van der Waals surface area (Å²) in [6.07, 6.45) is 0.851. The summed E-state index contributed by atoms with van der Waals surface area (Å²) in [4.78, 5) is 24.4. The standard InChI is InChI=1S/C36H22N6O10S5/c43-53(44)33-34(55(47,48)23-15-7-2-8-16-23)40-31-28-27(37-21-26(38-28)54(45,46)22-13-5-1-6-14-22)29-32(30(31)39-33)42-36(57(51,52)25-19-11-4-12-20-25)35(41-29)56(49,50)24-17-9-3-10-18-24/h1-21H,(H,43,44). The van der Waals surface area contributed by atoms with Gasteiger partial charge in [0.2, 0.25) is 50.4 Å². The van der Waals surface area contributed by atoms with Gasteiger partial charge in [0.05, 0.1) is 25.8 Å². The molecule has 16 nitrogen and oxygen atoms in total. The van der Waals surface area contributed by atoms with E-state index in [4.69, 9.17) is 0 Å². The maximum atomic E-state index is 14.3. The minimum absolute atomic E-state index is 0.188. The van der Waals surface area contributed by atoms with Crippen LogP contribution in [-0.4, -0.2) is 72.3 Å². The Kier molecular flexibility index (Phi) is 9.25. The normalized spacial score (nSPS) is 13.2. The zero-order valence-electron chi connectivity index (χ0n) is 28.5. The molecule has 0 saturated carbocycles. The molecular weight excluding hydrogens is 837 g/mol. The predicted octanol–water partition coefficient (Wildman–Crippen LogP) is 4.43. The topological polar surface area (TPSA) is 251 Å². The van der Waals surface area contributed by atoms with Gasteiger partial charge in [-0.1, -0.05) is 72.8 Å². The Hall–Kier alpha value is -5.97. The lowest BCUT2D eigenvalue weighted by Crippen LogP contribution is -2.16. The molecule has 0 bridgehead atoms. The summed E-state index contributed by atoms with van der Waals surface area (Å²) >= 11 is -3.18. The highest BCUT2D eigenvalue weighted by atomic mass is 32.2. The molecule has 8 aromatic rings. The van der Waals surface area contributed by atoms with Crippen molar-refractivity contribution in [1.82, 2.24) is 29.9 Å². The zero-order chi connectivity index (χ0) is 40.3. The third kappa shape index (κ3) is 6.33. The molecule has 0 spiro atoms. The molecule has 3 aromatic heterocycles. The number of aromatic nitrogens is 6. The van der Waals surface area contributed by atoms with Crippen LogP contribution in [0.1, 0.15) is 0 Å². The fraction of sp³-hybridized carbons (Fsp3) is 0. The first kappa shape index (κ1) is 37.9. The van der Waals surface area contributed by atoms with E-state index in [-0.39, 0.29) is 25.1 Å². The van der Waals surface area contributed by atoms with Gasteiger partial charge in [0.25, 0.3) is 0 Å². The lowest BCUT2D eigenvalue weighted by Gasteiger charge is -2.15. The van der Waals surface area contributed by atoms with Crippen molar-refractivity contribution in [3.05, 3.63) is 128 Å². The smallest absolute Gasteiger partial charge is 0.226 e. The van der Waals surface area contributed by atoms with Gasteiger partial charge in [0, 0.05) is 0 Å². The van der Waals surface area contributed by atoms with E-state index in [1.807, 2.05) is 0 Å². The number of hydrogen-bond donors (Lipinski definition) is 1. The summed E-state index contributed by atoms with van der Waals surface area (Å²) in [5.74, 6) is 0. The average molecular weight is 859 g/mol. The lowest BCUT2D eigenvalue weighted by molar-refractivity contribution is 0.550. The highest BCUT2D eigenvalue weighted by Gasteiger charge is 2.36. The van der Waals surface area contributed by atoms with Crippen molar-refractivity contribution in [2.75, 3.05) is 0 Å². The first-order chi connectivity index (χ1) is 27.1. The summed E-state index contributed by atoms with van der Waals surface area (Å²) in [6, 6.07) is 27.4. The molecule has 57 heavy (non-hydrogen) atoms. The molecule has 1 atom stereocenters. The van der Waals surface area contributed by atoms with Gasteiger partial charge in [-0.3, -0.25) is 0 Å². The molecule has 0 amide bonds. The van der Waals surface area contributed by atoms with Crippen molar-refractivity contribution in [3.8, 4) is 0 Å².